The molecule has 1 aromatic heterocycles. The topological polar surface area (TPSA) is 17.8 Å². The third-order valence-corrected chi connectivity index (χ3v) is 7.17. The first-order chi connectivity index (χ1) is 23.3. The fraction of sp³-hybridized carbons (Fsp3) is 0.0278. The number of hydrogen-bond donors (Lipinski definition) is 0. The van der Waals surface area contributed by atoms with Crippen molar-refractivity contribution in [2.24, 2.45) is 0 Å². The molecule has 0 N–H and O–H groups in total. The SMILES string of the molecule is [2H]c1c([2H])c([2H])c2c(-n3c(C([2H])([2H])[2H])nc4ccccc43)c3c([2H])c([2H])c([2H])c([2H])c3c(-c3cc4ccccc4c4ccccc34)c2c1[2H]. The molecule has 2 nitrogen and oxygen atoms in total. The van der Waals surface area contributed by atoms with Crippen LogP contribution in [0.15, 0.2) is 127 Å². The summed E-state index contributed by atoms with van der Waals surface area (Å²) in [4.78, 5) is 4.43. The first kappa shape index (κ1) is 13.0. The Morgan fingerprint density at radius 2 is 1.24 bits per heavy atom. The Morgan fingerprint density at radius 1 is 0.632 bits per heavy atom. The maximum Gasteiger partial charge on any atom is 0.111 e. The van der Waals surface area contributed by atoms with Crippen LogP contribution in [0.1, 0.15) is 20.9 Å². The van der Waals surface area contributed by atoms with Crippen molar-refractivity contribution in [1.82, 2.24) is 9.55 Å². The van der Waals surface area contributed by atoms with Crippen LogP contribution in [0.4, 0.5) is 0 Å². The second-order valence-electron chi connectivity index (χ2n) is 9.17. The van der Waals surface area contributed by atoms with Gasteiger partial charge in [-0.2, -0.15) is 0 Å². The van der Waals surface area contributed by atoms with Crippen LogP contribution in [-0.2, 0) is 0 Å². The molecular weight excluding hydrogens is 460 g/mol. The summed E-state index contributed by atoms with van der Waals surface area (Å²) in [5, 5.41) is 3.09. The Bertz CT molecular complexity index is 2670. The summed E-state index contributed by atoms with van der Waals surface area (Å²) >= 11 is 0. The lowest BCUT2D eigenvalue weighted by Gasteiger charge is -2.20. The highest BCUT2D eigenvalue weighted by Gasteiger charge is 2.20. The Balaban J connectivity index is 1.77. The van der Waals surface area contributed by atoms with Crippen molar-refractivity contribution in [3.05, 3.63) is 133 Å². The lowest BCUT2D eigenvalue weighted by molar-refractivity contribution is 1.02. The van der Waals surface area contributed by atoms with Crippen molar-refractivity contribution in [3.63, 3.8) is 0 Å². The molecule has 0 aliphatic heterocycles. The molecule has 0 unspecified atom stereocenters. The van der Waals surface area contributed by atoms with Crippen LogP contribution in [0.5, 0.6) is 0 Å². The van der Waals surface area contributed by atoms with Gasteiger partial charge in [0, 0.05) is 14.9 Å². The molecule has 0 bridgehead atoms. The van der Waals surface area contributed by atoms with Crippen LogP contribution in [0.2, 0.25) is 0 Å². The zero-order chi connectivity index (χ0) is 34.7. The molecule has 8 aromatic rings. The number of hydrogen-bond acceptors (Lipinski definition) is 1. The third-order valence-electron chi connectivity index (χ3n) is 7.17. The van der Waals surface area contributed by atoms with E-state index in [9.17, 15) is 5.48 Å². The number of benzene rings is 7. The quantitative estimate of drug-likeness (QED) is 0.172. The predicted octanol–water partition coefficient (Wildman–Crippen LogP) is 9.61. The molecule has 0 fully saturated rings. The number of imidazole rings is 1. The van der Waals surface area contributed by atoms with Gasteiger partial charge in [-0.3, -0.25) is 4.57 Å². The van der Waals surface area contributed by atoms with E-state index in [4.69, 9.17) is 9.60 Å². The molecule has 178 valence electrons. The van der Waals surface area contributed by atoms with E-state index in [1.54, 1.807) is 24.3 Å². The average Bonchev–Trinajstić information content (AvgIpc) is 3.50. The molecule has 0 amide bonds. The lowest BCUT2D eigenvalue weighted by atomic mass is 9.86. The minimum Gasteiger partial charge on any atom is -0.295 e. The number of fused-ring (bicyclic) bond motifs is 6. The second kappa shape index (κ2) is 8.03. The van der Waals surface area contributed by atoms with Gasteiger partial charge in [-0.05, 0) is 68.5 Å². The van der Waals surface area contributed by atoms with Crippen LogP contribution >= 0.6 is 0 Å². The molecule has 38 heavy (non-hydrogen) atoms. The molecular formula is C36H24N2. The first-order valence-electron chi connectivity index (χ1n) is 17.7. The van der Waals surface area contributed by atoms with Crippen LogP contribution in [0.3, 0.4) is 0 Å². The Morgan fingerprint density at radius 3 is 1.97 bits per heavy atom. The molecule has 0 radical (unpaired) electrons. The van der Waals surface area contributed by atoms with Gasteiger partial charge in [0.25, 0.3) is 0 Å². The maximum absolute atomic E-state index is 9.33. The van der Waals surface area contributed by atoms with E-state index < -0.39 is 61.0 Å². The highest BCUT2D eigenvalue weighted by molar-refractivity contribution is 6.24. The van der Waals surface area contributed by atoms with E-state index in [1.165, 1.54) is 4.57 Å². The van der Waals surface area contributed by atoms with Gasteiger partial charge in [0.05, 0.1) is 27.7 Å². The molecule has 1 heterocycles. The van der Waals surface area contributed by atoms with Crippen LogP contribution < -0.4 is 0 Å². The molecule has 7 aromatic carbocycles. The highest BCUT2D eigenvalue weighted by Crippen LogP contribution is 2.45. The van der Waals surface area contributed by atoms with E-state index in [-0.39, 0.29) is 32.8 Å². The largest absolute Gasteiger partial charge is 0.295 e. The molecule has 0 saturated carbocycles. The zero-order valence-corrected chi connectivity index (χ0v) is 19.9. The number of aromatic nitrogens is 2. The molecule has 0 aliphatic rings. The van der Waals surface area contributed by atoms with E-state index in [2.05, 4.69) is 4.98 Å². The summed E-state index contributed by atoms with van der Waals surface area (Å²) < 4.78 is 98.9. The fourth-order valence-corrected chi connectivity index (χ4v) is 5.61. The van der Waals surface area contributed by atoms with Crippen molar-refractivity contribution < 1.29 is 15.1 Å². The van der Waals surface area contributed by atoms with E-state index >= 15 is 0 Å². The van der Waals surface area contributed by atoms with Crippen LogP contribution in [0, 0.1) is 6.85 Å². The van der Waals surface area contributed by atoms with Gasteiger partial charge in [-0.1, -0.05) is 109 Å². The van der Waals surface area contributed by atoms with Crippen molar-refractivity contribution in [3.8, 4) is 16.8 Å². The summed E-state index contributed by atoms with van der Waals surface area (Å²) in [6.07, 6.45) is 0. The molecule has 0 saturated heterocycles. The Hall–Kier alpha value is -4.95. The molecule has 2 heteroatoms. The smallest absolute Gasteiger partial charge is 0.111 e. The standard InChI is InChI=1S/C36H24N2/c1-23-37-33-20-10-11-21-34(33)38(23)36-30-18-8-6-16-28(30)35(29-17-7-9-19-31(29)36)32-22-24-12-2-3-13-25(24)26-14-4-5-15-27(26)32/h2-22H,1H3/i1D3,6D,7D,8D,9D,16D,17D,18D,19D. The summed E-state index contributed by atoms with van der Waals surface area (Å²) in [7, 11) is 0. The fourth-order valence-electron chi connectivity index (χ4n) is 5.61. The molecule has 8 rings (SSSR count). The number of para-hydroxylation sites is 2. The normalized spacial score (nSPS) is 16.3. The molecule has 0 aliphatic carbocycles. The van der Waals surface area contributed by atoms with Crippen molar-refractivity contribution >= 4 is 54.1 Å². The maximum atomic E-state index is 9.33. The lowest BCUT2D eigenvalue weighted by Crippen LogP contribution is -2.01. The summed E-state index contributed by atoms with van der Waals surface area (Å²) in [5.74, 6) is -0.417. The van der Waals surface area contributed by atoms with Gasteiger partial charge in [0.1, 0.15) is 5.82 Å². The predicted molar refractivity (Wildman–Crippen MR) is 161 cm³/mol. The molecule has 0 spiro atoms. The summed E-state index contributed by atoms with van der Waals surface area (Å²) in [5.41, 5.74) is 1.16. The van der Waals surface area contributed by atoms with E-state index in [0.29, 0.717) is 22.0 Å². The van der Waals surface area contributed by atoms with E-state index in [0.717, 1.165) is 16.2 Å². The number of nitrogens with zero attached hydrogens (tertiary/aromatic N) is 2. The Labute approximate surface area is 235 Å². The average molecular weight is 496 g/mol. The van der Waals surface area contributed by atoms with Crippen molar-refractivity contribution in [2.45, 2.75) is 6.85 Å². The Kier molecular flexibility index (Phi) is 2.75. The van der Waals surface area contributed by atoms with Gasteiger partial charge in [0.15, 0.2) is 0 Å². The third kappa shape index (κ3) is 2.92. The summed E-state index contributed by atoms with van der Waals surface area (Å²) in [6.45, 7) is -2.82. The number of rotatable bonds is 2. The van der Waals surface area contributed by atoms with Crippen LogP contribution in [0.25, 0.3) is 70.9 Å². The summed E-state index contributed by atoms with van der Waals surface area (Å²) in [6, 6.07) is 19.6. The minimum absolute atomic E-state index is 0.00626. The van der Waals surface area contributed by atoms with Crippen LogP contribution in [-0.4, -0.2) is 9.55 Å². The second-order valence-corrected chi connectivity index (χ2v) is 9.17. The van der Waals surface area contributed by atoms with Crippen molar-refractivity contribution in [1.29, 1.82) is 0 Å². The van der Waals surface area contributed by atoms with Gasteiger partial charge in [-0.15, -0.1) is 0 Å². The van der Waals surface area contributed by atoms with Gasteiger partial charge in [0.2, 0.25) is 0 Å². The van der Waals surface area contributed by atoms with Crippen molar-refractivity contribution in [2.75, 3.05) is 0 Å². The van der Waals surface area contributed by atoms with Gasteiger partial charge < -0.3 is 0 Å². The first-order valence-corrected chi connectivity index (χ1v) is 12.2. The number of aryl methyl sites for hydroxylation is 1. The van der Waals surface area contributed by atoms with Gasteiger partial charge in [-0.25, -0.2) is 4.98 Å². The minimum atomic E-state index is -2.82. The van der Waals surface area contributed by atoms with E-state index in [1.807, 2.05) is 54.6 Å². The monoisotopic (exact) mass is 495 g/mol. The highest BCUT2D eigenvalue weighted by atomic mass is 15.1. The van der Waals surface area contributed by atoms with Gasteiger partial charge >= 0.3 is 0 Å². The molecule has 0 atom stereocenters. The zero-order valence-electron chi connectivity index (χ0n) is 30.9.